The molecule has 21 heavy (non-hydrogen) atoms. The number of carbonyl (C=O) groups is 1. The smallest absolute Gasteiger partial charge is 0.265 e. The predicted octanol–water partition coefficient (Wildman–Crippen LogP) is 4.90. The number of hydrogen-bond donors (Lipinski definition) is 1. The van der Waals surface area contributed by atoms with Gasteiger partial charge in [0.25, 0.3) is 5.91 Å². The fourth-order valence-electron chi connectivity index (χ4n) is 1.80. The van der Waals surface area contributed by atoms with Crippen molar-refractivity contribution in [3.8, 4) is 5.75 Å². The van der Waals surface area contributed by atoms with Crippen LogP contribution in [0.5, 0.6) is 5.75 Å². The first-order valence-electron chi connectivity index (χ1n) is 6.57. The van der Waals surface area contributed by atoms with Gasteiger partial charge in [0.15, 0.2) is 6.10 Å². The quantitative estimate of drug-likeness (QED) is 0.815. The van der Waals surface area contributed by atoms with Gasteiger partial charge >= 0.3 is 0 Å². The van der Waals surface area contributed by atoms with Gasteiger partial charge in [-0.15, -0.1) is 0 Å². The standard InChI is InChI=1S/C16H15BrClNO2/c1-2-15(21-12-7-5-6-11(18)10-12)16(20)19-14-9-4-3-8-13(14)17/h3-10,15H,2H2,1H3,(H,19,20)/t15-/m0/s1. The molecule has 0 spiro atoms. The summed E-state index contributed by atoms with van der Waals surface area (Å²) in [5, 5.41) is 3.43. The zero-order chi connectivity index (χ0) is 15.2. The average molecular weight is 369 g/mol. The first kappa shape index (κ1) is 15.9. The molecule has 2 aromatic carbocycles. The van der Waals surface area contributed by atoms with Gasteiger partial charge in [-0.25, -0.2) is 0 Å². The largest absolute Gasteiger partial charge is 0.481 e. The van der Waals surface area contributed by atoms with Gasteiger partial charge in [0.1, 0.15) is 5.75 Å². The van der Waals surface area contributed by atoms with Crippen molar-refractivity contribution in [2.45, 2.75) is 19.4 Å². The SMILES string of the molecule is CC[C@H](Oc1cccc(Cl)c1)C(=O)Nc1ccccc1Br. The van der Waals surface area contributed by atoms with E-state index in [9.17, 15) is 4.79 Å². The number of rotatable bonds is 5. The number of amides is 1. The van der Waals surface area contributed by atoms with Crippen LogP contribution in [0.3, 0.4) is 0 Å². The topological polar surface area (TPSA) is 38.3 Å². The lowest BCUT2D eigenvalue weighted by Gasteiger charge is -2.18. The summed E-state index contributed by atoms with van der Waals surface area (Å²) in [5.41, 5.74) is 0.718. The monoisotopic (exact) mass is 367 g/mol. The van der Waals surface area contributed by atoms with Crippen LogP contribution in [-0.2, 0) is 4.79 Å². The fourth-order valence-corrected chi connectivity index (χ4v) is 2.37. The number of ether oxygens (including phenoxy) is 1. The van der Waals surface area contributed by atoms with Crippen LogP contribution in [-0.4, -0.2) is 12.0 Å². The summed E-state index contributed by atoms with van der Waals surface area (Å²) in [4.78, 5) is 12.3. The van der Waals surface area contributed by atoms with E-state index in [4.69, 9.17) is 16.3 Å². The minimum atomic E-state index is -0.574. The lowest BCUT2D eigenvalue weighted by Crippen LogP contribution is -2.32. The number of nitrogens with one attached hydrogen (secondary N) is 1. The van der Waals surface area contributed by atoms with E-state index in [1.165, 1.54) is 0 Å². The van der Waals surface area contributed by atoms with Crippen LogP contribution in [0.15, 0.2) is 53.0 Å². The average Bonchev–Trinajstić information content (AvgIpc) is 2.47. The third-order valence-corrected chi connectivity index (χ3v) is 3.80. The van der Waals surface area contributed by atoms with E-state index >= 15 is 0 Å². The maximum Gasteiger partial charge on any atom is 0.265 e. The van der Waals surface area contributed by atoms with Crippen molar-refractivity contribution in [3.05, 3.63) is 58.0 Å². The lowest BCUT2D eigenvalue weighted by molar-refractivity contribution is -0.122. The van der Waals surface area contributed by atoms with Crippen LogP contribution >= 0.6 is 27.5 Å². The van der Waals surface area contributed by atoms with E-state index in [1.807, 2.05) is 31.2 Å². The second-order valence-electron chi connectivity index (χ2n) is 4.44. The molecule has 0 aromatic heterocycles. The Labute approximate surface area is 137 Å². The highest BCUT2D eigenvalue weighted by Crippen LogP contribution is 2.23. The molecule has 1 atom stereocenters. The van der Waals surface area contributed by atoms with Crippen LogP contribution in [0.4, 0.5) is 5.69 Å². The van der Waals surface area contributed by atoms with Crippen molar-refractivity contribution in [3.63, 3.8) is 0 Å². The molecular formula is C16H15BrClNO2. The lowest BCUT2D eigenvalue weighted by atomic mass is 10.2. The second-order valence-corrected chi connectivity index (χ2v) is 5.73. The van der Waals surface area contributed by atoms with Crippen LogP contribution in [0.25, 0.3) is 0 Å². The molecular weight excluding hydrogens is 354 g/mol. The molecule has 2 aromatic rings. The summed E-state index contributed by atoms with van der Waals surface area (Å²) in [5.74, 6) is 0.390. The molecule has 0 bridgehead atoms. The Hall–Kier alpha value is -1.52. The number of anilines is 1. The molecule has 2 rings (SSSR count). The molecule has 0 aliphatic carbocycles. The van der Waals surface area contributed by atoms with Gasteiger partial charge in [0.05, 0.1) is 5.69 Å². The van der Waals surface area contributed by atoms with E-state index in [1.54, 1.807) is 24.3 Å². The molecule has 0 aliphatic heterocycles. The van der Waals surface area contributed by atoms with Gasteiger partial charge in [-0.05, 0) is 52.7 Å². The van der Waals surface area contributed by atoms with Crippen LogP contribution in [0.2, 0.25) is 5.02 Å². The predicted molar refractivity (Wildman–Crippen MR) is 88.9 cm³/mol. The highest BCUT2D eigenvalue weighted by molar-refractivity contribution is 9.10. The third-order valence-electron chi connectivity index (χ3n) is 2.87. The number of halogens is 2. The normalized spacial score (nSPS) is 11.8. The molecule has 1 N–H and O–H groups in total. The molecule has 1 amide bonds. The van der Waals surface area contributed by atoms with Gasteiger partial charge < -0.3 is 10.1 Å². The molecule has 0 radical (unpaired) electrons. The van der Waals surface area contributed by atoms with E-state index in [0.717, 1.165) is 10.2 Å². The first-order chi connectivity index (χ1) is 10.1. The number of benzene rings is 2. The van der Waals surface area contributed by atoms with Gasteiger partial charge in [-0.2, -0.15) is 0 Å². The molecule has 0 saturated carbocycles. The van der Waals surface area contributed by atoms with Gasteiger partial charge in [0, 0.05) is 9.50 Å². The number of para-hydroxylation sites is 1. The second kappa shape index (κ2) is 7.48. The van der Waals surface area contributed by atoms with E-state index in [-0.39, 0.29) is 5.91 Å². The maximum atomic E-state index is 12.3. The van der Waals surface area contributed by atoms with Crippen LogP contribution in [0, 0.1) is 0 Å². The molecule has 0 saturated heterocycles. The zero-order valence-corrected chi connectivity index (χ0v) is 13.8. The van der Waals surface area contributed by atoms with Gasteiger partial charge in [0.2, 0.25) is 0 Å². The first-order valence-corrected chi connectivity index (χ1v) is 7.75. The van der Waals surface area contributed by atoms with Gasteiger partial charge in [-0.1, -0.05) is 36.7 Å². The minimum Gasteiger partial charge on any atom is -0.481 e. The van der Waals surface area contributed by atoms with E-state index < -0.39 is 6.10 Å². The molecule has 5 heteroatoms. The summed E-state index contributed by atoms with van der Waals surface area (Å²) in [7, 11) is 0. The summed E-state index contributed by atoms with van der Waals surface area (Å²) in [6.45, 7) is 1.90. The van der Waals surface area contributed by atoms with Crippen molar-refractivity contribution >= 4 is 39.1 Å². The maximum absolute atomic E-state index is 12.3. The van der Waals surface area contributed by atoms with Gasteiger partial charge in [-0.3, -0.25) is 4.79 Å². The molecule has 0 heterocycles. The minimum absolute atomic E-state index is 0.190. The van der Waals surface area contributed by atoms with E-state index in [2.05, 4.69) is 21.2 Å². The van der Waals surface area contributed by atoms with Crippen molar-refractivity contribution in [1.29, 1.82) is 0 Å². The Bertz CT molecular complexity index is 633. The van der Waals surface area contributed by atoms with Crippen molar-refractivity contribution < 1.29 is 9.53 Å². The Morgan fingerprint density at radius 3 is 2.71 bits per heavy atom. The summed E-state index contributed by atoms with van der Waals surface area (Å²) < 4.78 is 6.54. The molecule has 3 nitrogen and oxygen atoms in total. The summed E-state index contributed by atoms with van der Waals surface area (Å²) in [6, 6.07) is 14.5. The molecule has 0 fully saturated rings. The van der Waals surface area contributed by atoms with Crippen molar-refractivity contribution in [1.82, 2.24) is 0 Å². The summed E-state index contributed by atoms with van der Waals surface area (Å²) in [6.07, 6.45) is -0.0152. The van der Waals surface area contributed by atoms with Crippen molar-refractivity contribution in [2.24, 2.45) is 0 Å². The van der Waals surface area contributed by atoms with Crippen LogP contribution < -0.4 is 10.1 Å². The highest BCUT2D eigenvalue weighted by atomic mass is 79.9. The zero-order valence-electron chi connectivity index (χ0n) is 11.5. The number of hydrogen-bond acceptors (Lipinski definition) is 2. The van der Waals surface area contributed by atoms with E-state index in [0.29, 0.717) is 17.2 Å². The Kier molecular flexibility index (Phi) is 5.65. The highest BCUT2D eigenvalue weighted by Gasteiger charge is 2.19. The summed E-state index contributed by atoms with van der Waals surface area (Å²) >= 11 is 9.31. The molecule has 0 unspecified atom stereocenters. The fraction of sp³-hybridized carbons (Fsp3) is 0.188. The van der Waals surface area contributed by atoms with Crippen molar-refractivity contribution in [2.75, 3.05) is 5.32 Å². The number of carbonyl (C=O) groups excluding carboxylic acids is 1. The Balaban J connectivity index is 2.07. The Morgan fingerprint density at radius 1 is 1.29 bits per heavy atom. The Morgan fingerprint density at radius 2 is 2.05 bits per heavy atom. The third kappa shape index (κ3) is 4.48. The van der Waals surface area contributed by atoms with Crippen LogP contribution in [0.1, 0.15) is 13.3 Å². The molecule has 110 valence electrons. The molecule has 0 aliphatic rings.